The van der Waals surface area contributed by atoms with Crippen LogP contribution in [0.25, 0.3) is 0 Å². The normalized spacial score (nSPS) is 18.1. The van der Waals surface area contributed by atoms with E-state index in [4.69, 9.17) is 11.6 Å². The van der Waals surface area contributed by atoms with Gasteiger partial charge in [-0.15, -0.1) is 0 Å². The number of halogens is 1. The molecule has 2 saturated heterocycles. The topological polar surface area (TPSA) is 40.6 Å². The third-order valence-corrected chi connectivity index (χ3v) is 7.36. The van der Waals surface area contributed by atoms with Crippen LogP contribution in [-0.4, -0.2) is 47.8 Å². The van der Waals surface area contributed by atoms with Crippen molar-refractivity contribution in [2.24, 2.45) is 11.8 Å². The summed E-state index contributed by atoms with van der Waals surface area (Å²) in [6, 6.07) is 15.9. The number of nitrogens with zero attached hydrogens (tertiary/aromatic N) is 2. The second-order valence-corrected chi connectivity index (χ2v) is 9.80. The molecule has 0 saturated carbocycles. The molecule has 5 heteroatoms. The van der Waals surface area contributed by atoms with Gasteiger partial charge in [0.15, 0.2) is 0 Å². The molecular weight excluding hydrogens is 420 g/mol. The highest BCUT2D eigenvalue weighted by molar-refractivity contribution is 6.30. The van der Waals surface area contributed by atoms with Crippen LogP contribution in [0.5, 0.6) is 0 Å². The lowest BCUT2D eigenvalue weighted by Gasteiger charge is -2.37. The Morgan fingerprint density at radius 1 is 0.844 bits per heavy atom. The summed E-state index contributed by atoms with van der Waals surface area (Å²) in [5.74, 6) is 1.08. The summed E-state index contributed by atoms with van der Waals surface area (Å²) in [7, 11) is 0. The van der Waals surface area contributed by atoms with E-state index in [0.717, 1.165) is 45.2 Å². The molecule has 4 rings (SSSR count). The molecule has 2 heterocycles. The van der Waals surface area contributed by atoms with Gasteiger partial charge in [0.25, 0.3) is 5.91 Å². The van der Waals surface area contributed by atoms with Crippen molar-refractivity contribution in [2.45, 2.75) is 45.4 Å². The molecule has 0 radical (unpaired) electrons. The van der Waals surface area contributed by atoms with Crippen LogP contribution in [0.15, 0.2) is 48.5 Å². The minimum atomic E-state index is 0.0296. The maximum absolute atomic E-state index is 13.1. The lowest BCUT2D eigenvalue weighted by Crippen LogP contribution is -2.46. The van der Waals surface area contributed by atoms with E-state index in [2.05, 4.69) is 36.1 Å². The average Bonchev–Trinajstić information content (AvgIpc) is 2.84. The fraction of sp³-hybridized carbons (Fsp3) is 0.481. The van der Waals surface area contributed by atoms with Crippen molar-refractivity contribution < 1.29 is 9.59 Å². The number of piperidine rings is 2. The highest BCUT2D eigenvalue weighted by Crippen LogP contribution is 2.27. The van der Waals surface area contributed by atoms with Crippen LogP contribution in [0, 0.1) is 18.8 Å². The molecule has 0 aliphatic carbocycles. The van der Waals surface area contributed by atoms with Gasteiger partial charge in [0.05, 0.1) is 0 Å². The summed E-state index contributed by atoms with van der Waals surface area (Å²) in [6.07, 6.45) is 6.04. The lowest BCUT2D eigenvalue weighted by molar-refractivity contribution is -0.138. The monoisotopic (exact) mass is 452 g/mol. The number of rotatable bonds is 5. The molecule has 4 nitrogen and oxygen atoms in total. The average molecular weight is 453 g/mol. The van der Waals surface area contributed by atoms with E-state index >= 15 is 0 Å². The number of carbonyl (C=O) groups excluding carboxylic acids is 2. The number of carbonyl (C=O) groups is 2. The molecule has 0 aromatic heterocycles. The van der Waals surface area contributed by atoms with E-state index in [1.165, 1.54) is 17.5 Å². The van der Waals surface area contributed by atoms with Gasteiger partial charge in [-0.1, -0.05) is 41.4 Å². The fourth-order valence-electron chi connectivity index (χ4n) is 4.93. The van der Waals surface area contributed by atoms with Crippen molar-refractivity contribution >= 4 is 23.4 Å². The molecule has 32 heavy (non-hydrogen) atoms. The molecule has 2 aliphatic rings. The Labute approximate surface area is 196 Å². The van der Waals surface area contributed by atoms with Crippen molar-refractivity contribution in [1.82, 2.24) is 9.80 Å². The Kier molecular flexibility index (Phi) is 7.51. The Hall–Kier alpha value is -2.33. The van der Waals surface area contributed by atoms with Crippen molar-refractivity contribution in [1.29, 1.82) is 0 Å². The highest BCUT2D eigenvalue weighted by Gasteiger charge is 2.32. The zero-order valence-electron chi connectivity index (χ0n) is 18.9. The van der Waals surface area contributed by atoms with Crippen LogP contribution in [0.4, 0.5) is 0 Å². The fourth-order valence-corrected chi connectivity index (χ4v) is 5.06. The zero-order chi connectivity index (χ0) is 22.5. The van der Waals surface area contributed by atoms with Gasteiger partial charge in [0.1, 0.15) is 0 Å². The molecule has 2 aromatic carbocycles. The molecule has 0 unspecified atom stereocenters. The standard InChI is InChI=1S/C27H33ClN2O2/c1-20-2-4-21(5-3-20)6-7-22-12-16-29(17-13-22)27(32)24-14-18-30(19-15-24)26(31)23-8-10-25(28)11-9-23/h2-5,8-11,22,24H,6-7,12-19H2,1H3. The van der Waals surface area contributed by atoms with Crippen LogP contribution in [0.1, 0.15) is 53.6 Å². The number of hydrogen-bond acceptors (Lipinski definition) is 2. The second kappa shape index (κ2) is 10.5. The smallest absolute Gasteiger partial charge is 0.253 e. The minimum Gasteiger partial charge on any atom is -0.342 e. The van der Waals surface area contributed by atoms with Crippen molar-refractivity contribution in [2.75, 3.05) is 26.2 Å². The van der Waals surface area contributed by atoms with Gasteiger partial charge in [-0.05, 0) is 81.2 Å². The first-order valence-corrected chi connectivity index (χ1v) is 12.3. The molecule has 2 amide bonds. The number of likely N-dealkylation sites (tertiary alicyclic amines) is 2. The van der Waals surface area contributed by atoms with Crippen LogP contribution in [-0.2, 0) is 11.2 Å². The van der Waals surface area contributed by atoms with E-state index < -0.39 is 0 Å². The summed E-state index contributed by atoms with van der Waals surface area (Å²) in [5.41, 5.74) is 3.38. The van der Waals surface area contributed by atoms with E-state index in [9.17, 15) is 9.59 Å². The first-order valence-electron chi connectivity index (χ1n) is 11.9. The Bertz CT molecular complexity index is 910. The Balaban J connectivity index is 1.20. The first-order chi connectivity index (χ1) is 15.5. The quantitative estimate of drug-likeness (QED) is 0.611. The number of benzene rings is 2. The van der Waals surface area contributed by atoms with Gasteiger partial charge in [-0.2, -0.15) is 0 Å². The number of hydrogen-bond donors (Lipinski definition) is 0. The molecule has 0 atom stereocenters. The van der Waals surface area contributed by atoms with Crippen molar-refractivity contribution in [3.63, 3.8) is 0 Å². The molecular formula is C27H33ClN2O2. The van der Waals surface area contributed by atoms with E-state index in [1.807, 2.05) is 4.90 Å². The third kappa shape index (κ3) is 5.72. The maximum atomic E-state index is 13.1. The van der Waals surface area contributed by atoms with Crippen molar-refractivity contribution in [3.8, 4) is 0 Å². The van der Waals surface area contributed by atoms with Gasteiger partial charge >= 0.3 is 0 Å². The van der Waals surface area contributed by atoms with Gasteiger partial charge in [0.2, 0.25) is 5.91 Å². The second-order valence-electron chi connectivity index (χ2n) is 9.37. The minimum absolute atomic E-state index is 0.0296. The predicted octanol–water partition coefficient (Wildman–Crippen LogP) is 5.37. The first kappa shape index (κ1) is 22.8. The van der Waals surface area contributed by atoms with Crippen molar-refractivity contribution in [3.05, 3.63) is 70.2 Å². The summed E-state index contributed by atoms with van der Waals surface area (Å²) >= 11 is 5.92. The van der Waals surface area contributed by atoms with E-state index in [1.54, 1.807) is 24.3 Å². The molecule has 2 aliphatic heterocycles. The molecule has 170 valence electrons. The van der Waals surface area contributed by atoms with Crippen LogP contribution in [0.3, 0.4) is 0 Å². The van der Waals surface area contributed by atoms with Crippen LogP contribution in [0.2, 0.25) is 5.02 Å². The number of aryl methyl sites for hydroxylation is 2. The van der Waals surface area contributed by atoms with Crippen LogP contribution >= 0.6 is 11.6 Å². The van der Waals surface area contributed by atoms with Gasteiger partial charge in [-0.25, -0.2) is 0 Å². The third-order valence-electron chi connectivity index (χ3n) is 7.11. The van der Waals surface area contributed by atoms with Gasteiger partial charge < -0.3 is 9.80 Å². The summed E-state index contributed by atoms with van der Waals surface area (Å²) in [5, 5.41) is 0.629. The zero-order valence-corrected chi connectivity index (χ0v) is 19.7. The van der Waals surface area contributed by atoms with Crippen LogP contribution < -0.4 is 0 Å². The summed E-state index contributed by atoms with van der Waals surface area (Å²) < 4.78 is 0. The molecule has 0 bridgehead atoms. The van der Waals surface area contributed by atoms with E-state index in [0.29, 0.717) is 35.5 Å². The summed E-state index contributed by atoms with van der Waals surface area (Å²) in [4.78, 5) is 29.7. The number of amides is 2. The summed E-state index contributed by atoms with van der Waals surface area (Å²) in [6.45, 7) is 5.16. The van der Waals surface area contributed by atoms with E-state index in [-0.39, 0.29) is 11.8 Å². The predicted molar refractivity (Wildman–Crippen MR) is 129 cm³/mol. The maximum Gasteiger partial charge on any atom is 0.253 e. The largest absolute Gasteiger partial charge is 0.342 e. The Morgan fingerprint density at radius 2 is 1.44 bits per heavy atom. The molecule has 0 N–H and O–H groups in total. The molecule has 0 spiro atoms. The highest BCUT2D eigenvalue weighted by atomic mass is 35.5. The van der Waals surface area contributed by atoms with Gasteiger partial charge in [0, 0.05) is 42.7 Å². The van der Waals surface area contributed by atoms with Gasteiger partial charge in [-0.3, -0.25) is 9.59 Å². The Morgan fingerprint density at radius 3 is 2.06 bits per heavy atom. The SMILES string of the molecule is Cc1ccc(CCC2CCN(C(=O)C3CCN(C(=O)c4ccc(Cl)cc4)CC3)CC2)cc1. The molecule has 2 fully saturated rings. The molecule has 2 aromatic rings. The lowest BCUT2D eigenvalue weighted by atomic mass is 9.88.